The van der Waals surface area contributed by atoms with Gasteiger partial charge in [0.15, 0.2) is 20.2 Å². The summed E-state index contributed by atoms with van der Waals surface area (Å²) in [6.45, 7) is 19.7. The van der Waals surface area contributed by atoms with Crippen molar-refractivity contribution in [2.24, 2.45) is 29.1 Å². The number of thiocarbonyl (C=S) groups is 4. The van der Waals surface area contributed by atoms with E-state index in [0.717, 1.165) is 25.7 Å². The maximum Gasteiger partial charge on any atom is 0.159 e. The van der Waals surface area contributed by atoms with Gasteiger partial charge in [0.2, 0.25) is 0 Å². The molecule has 0 aliphatic carbocycles. The van der Waals surface area contributed by atoms with Crippen molar-refractivity contribution in [3.63, 3.8) is 0 Å². The molecule has 0 aliphatic rings. The minimum Gasteiger partial charge on any atom is -0.486 e. The van der Waals surface area contributed by atoms with E-state index in [1.807, 2.05) is 0 Å². The topological polar surface area (TPSA) is 36.9 Å². The van der Waals surface area contributed by atoms with Crippen molar-refractivity contribution >= 4 is 69.1 Å². The minimum absolute atomic E-state index is 0.307. The first-order valence-corrected chi connectivity index (χ1v) is 35.7. The molecule has 4 nitrogen and oxygen atoms in total. The molecule has 4 unspecified atom stereocenters. The van der Waals surface area contributed by atoms with Crippen molar-refractivity contribution in [3.8, 4) is 0 Å². The first-order valence-electron chi connectivity index (χ1n) is 34.0. The van der Waals surface area contributed by atoms with E-state index in [2.05, 4.69) is 55.4 Å². The molecule has 0 aromatic heterocycles. The van der Waals surface area contributed by atoms with Crippen LogP contribution in [0.4, 0.5) is 0 Å². The first kappa shape index (κ1) is 76.6. The number of rotatable bonds is 60. The van der Waals surface area contributed by atoms with Gasteiger partial charge in [-0.15, -0.1) is 0 Å². The van der Waals surface area contributed by atoms with Crippen LogP contribution in [0, 0.1) is 29.1 Å². The third-order valence-electron chi connectivity index (χ3n) is 16.4. The second-order valence-electron chi connectivity index (χ2n) is 25.3. The molecular weight excluding hydrogens is 1020 g/mol. The highest BCUT2D eigenvalue weighted by molar-refractivity contribution is 7.80. The van der Waals surface area contributed by atoms with Crippen LogP contribution in [-0.2, 0) is 18.9 Å². The van der Waals surface area contributed by atoms with E-state index in [1.54, 1.807) is 0 Å². The molecule has 0 saturated heterocycles. The van der Waals surface area contributed by atoms with Crippen LogP contribution in [-0.4, -0.2) is 46.6 Å². The van der Waals surface area contributed by atoms with E-state index in [4.69, 9.17) is 67.8 Å². The summed E-state index contributed by atoms with van der Waals surface area (Å²) < 4.78 is 26.5. The van der Waals surface area contributed by atoms with Gasteiger partial charge < -0.3 is 18.9 Å². The highest BCUT2D eigenvalue weighted by atomic mass is 32.1. The molecule has 456 valence electrons. The molecule has 0 aliphatic heterocycles. The smallest absolute Gasteiger partial charge is 0.159 e. The van der Waals surface area contributed by atoms with E-state index in [-0.39, 0.29) is 0 Å². The third-order valence-corrected chi connectivity index (χ3v) is 17.6. The van der Waals surface area contributed by atoms with E-state index < -0.39 is 5.41 Å². The lowest BCUT2D eigenvalue weighted by molar-refractivity contribution is -0.0171. The molecule has 0 saturated carbocycles. The number of hydrogen-bond acceptors (Lipinski definition) is 8. The third kappa shape index (κ3) is 53.3. The Labute approximate surface area is 503 Å². The lowest BCUT2D eigenvalue weighted by Crippen LogP contribution is -2.43. The Hall–Kier alpha value is -0.440. The second kappa shape index (κ2) is 57.4. The van der Waals surface area contributed by atoms with Gasteiger partial charge in [0.05, 0.1) is 0 Å². The molecule has 0 spiro atoms. The molecule has 4 atom stereocenters. The summed E-state index contributed by atoms with van der Waals surface area (Å²) in [4.78, 5) is 0. The summed E-state index contributed by atoms with van der Waals surface area (Å²) in [5, 5.41) is 2.62. The second-order valence-corrected chi connectivity index (χ2v) is 27.1. The molecule has 0 bridgehead atoms. The van der Waals surface area contributed by atoms with Gasteiger partial charge >= 0.3 is 0 Å². The Kier molecular flexibility index (Phi) is 57.1. The average molecular weight is 1150 g/mol. The number of hydrogen-bond donors (Lipinski definition) is 0. The van der Waals surface area contributed by atoms with Gasteiger partial charge in [0.25, 0.3) is 0 Å². The Balaban J connectivity index is 5.82. The van der Waals surface area contributed by atoms with Crippen molar-refractivity contribution < 1.29 is 18.9 Å². The normalized spacial score (nSPS) is 13.9. The molecule has 0 heterocycles. The Bertz CT molecular complexity index is 1130. The van der Waals surface area contributed by atoms with Crippen molar-refractivity contribution in [1.29, 1.82) is 0 Å². The van der Waals surface area contributed by atoms with Gasteiger partial charge in [-0.25, -0.2) is 0 Å². The van der Waals surface area contributed by atoms with Crippen molar-refractivity contribution in [2.75, 3.05) is 26.4 Å². The summed E-state index contributed by atoms with van der Waals surface area (Å²) in [5.74, 6) is 1.86. The van der Waals surface area contributed by atoms with Gasteiger partial charge in [0.1, 0.15) is 31.8 Å². The van der Waals surface area contributed by atoms with Crippen molar-refractivity contribution in [3.05, 3.63) is 0 Å². The van der Waals surface area contributed by atoms with Gasteiger partial charge in [-0.2, -0.15) is 0 Å². The van der Waals surface area contributed by atoms with Crippen LogP contribution in [0.3, 0.4) is 0 Å². The number of unbranched alkanes of at least 4 members (excludes halogenated alkanes) is 36. The zero-order chi connectivity index (χ0) is 56.7. The maximum atomic E-state index is 6.63. The lowest BCUT2D eigenvalue weighted by atomic mass is 9.91. The van der Waals surface area contributed by atoms with Gasteiger partial charge in [-0.1, -0.05) is 338 Å². The fourth-order valence-electron chi connectivity index (χ4n) is 10.9. The van der Waals surface area contributed by atoms with Crippen LogP contribution in [0.1, 0.15) is 364 Å². The van der Waals surface area contributed by atoms with E-state index in [0.29, 0.717) is 70.3 Å². The van der Waals surface area contributed by atoms with Crippen LogP contribution in [0.5, 0.6) is 0 Å². The number of ether oxygens (including phenoxy) is 4. The SMILES string of the molecule is CCCCCCCCCCCCC(C)CC(=S)OCC(COC(=S)CC(C)CCCCCCCCCCCC)(COC(=S)CC(C)CCCCCCCCCCCC)COC(=S)CC(C)CCCCCCCCCCCC. The summed E-state index contributed by atoms with van der Waals surface area (Å²) in [6.07, 6.45) is 61.8. The Morgan fingerprint density at radius 3 is 0.545 bits per heavy atom. The molecule has 8 heteroatoms. The van der Waals surface area contributed by atoms with Gasteiger partial charge in [-0.05, 0) is 72.5 Å². The largest absolute Gasteiger partial charge is 0.486 e. The average Bonchev–Trinajstić information content (AvgIpc) is 3.40. The predicted octanol–water partition coefficient (Wildman–Crippen LogP) is 24.7. The summed E-state index contributed by atoms with van der Waals surface area (Å²) in [7, 11) is 0. The molecule has 0 N–H and O–H groups in total. The first-order chi connectivity index (χ1) is 37.4. The van der Waals surface area contributed by atoms with Gasteiger partial charge in [-0.3, -0.25) is 0 Å². The fraction of sp³-hybridized carbons (Fsp3) is 0.942. The summed E-state index contributed by atoms with van der Waals surface area (Å²) in [5.41, 5.74) is -0.707. The molecule has 0 rings (SSSR count). The van der Waals surface area contributed by atoms with Crippen molar-refractivity contribution in [2.45, 2.75) is 364 Å². The molecule has 0 radical (unpaired) electrons. The van der Waals surface area contributed by atoms with Crippen molar-refractivity contribution in [1.82, 2.24) is 0 Å². The predicted molar refractivity (Wildman–Crippen MR) is 358 cm³/mol. The fourth-order valence-corrected chi connectivity index (χ4v) is 12.3. The van der Waals surface area contributed by atoms with E-state index in [9.17, 15) is 0 Å². The minimum atomic E-state index is -0.707. The molecule has 0 amide bonds. The molecule has 0 fully saturated rings. The summed E-state index contributed by atoms with van der Waals surface area (Å²) in [6, 6.07) is 0. The summed E-state index contributed by atoms with van der Waals surface area (Å²) >= 11 is 24.1. The molecule has 0 aromatic rings. The Morgan fingerprint density at radius 2 is 0.390 bits per heavy atom. The Morgan fingerprint density at radius 1 is 0.247 bits per heavy atom. The highest BCUT2D eigenvalue weighted by Crippen LogP contribution is 2.28. The van der Waals surface area contributed by atoms with Crippen LogP contribution in [0.15, 0.2) is 0 Å². The zero-order valence-corrected chi connectivity index (χ0v) is 56.1. The highest BCUT2D eigenvalue weighted by Gasteiger charge is 2.37. The quantitative estimate of drug-likeness (QED) is 0.0441. The van der Waals surface area contributed by atoms with Crippen LogP contribution in [0.2, 0.25) is 0 Å². The molecular formula is C69H132O4S4. The molecule has 77 heavy (non-hydrogen) atoms. The molecule has 0 aromatic carbocycles. The monoisotopic (exact) mass is 1150 g/mol. The zero-order valence-electron chi connectivity index (χ0n) is 52.8. The standard InChI is InChI=1S/C69H132O4S4/c1-9-13-17-21-25-29-33-37-41-45-49-61(5)53-65(74)70-57-69(58-71-66(75)54-62(6)50-46-42-38-34-30-26-22-18-14-10-2,59-72-67(76)55-63(7)51-47-43-39-35-31-27-23-19-15-11-3)60-73-68(77)56-64(8)52-48-44-40-36-32-28-24-20-16-12-4/h61-64H,9-60H2,1-8H3. The lowest BCUT2D eigenvalue weighted by Gasteiger charge is -2.34. The van der Waals surface area contributed by atoms with E-state index in [1.165, 1.54) is 283 Å². The van der Waals surface area contributed by atoms with Crippen LogP contribution >= 0.6 is 48.9 Å². The maximum absolute atomic E-state index is 6.63. The van der Waals surface area contributed by atoms with Crippen LogP contribution in [0.25, 0.3) is 0 Å². The van der Waals surface area contributed by atoms with E-state index >= 15 is 0 Å². The van der Waals surface area contributed by atoms with Gasteiger partial charge in [0, 0.05) is 25.7 Å². The van der Waals surface area contributed by atoms with Crippen LogP contribution < -0.4 is 0 Å².